The third kappa shape index (κ3) is 5.48. The van der Waals surface area contributed by atoms with Crippen molar-refractivity contribution in [1.29, 1.82) is 0 Å². The van der Waals surface area contributed by atoms with Gasteiger partial charge in [-0.2, -0.15) is 0 Å². The van der Waals surface area contributed by atoms with Crippen molar-refractivity contribution in [2.75, 3.05) is 0 Å². The Morgan fingerprint density at radius 2 is 2.00 bits per heavy atom. The molecule has 0 aromatic rings. The van der Waals surface area contributed by atoms with Gasteiger partial charge in [-0.05, 0) is 6.08 Å². The van der Waals surface area contributed by atoms with E-state index < -0.39 is 0 Å². The van der Waals surface area contributed by atoms with E-state index in [0.29, 0.717) is 0 Å². The standard InChI is InChI=1S/C10H17N2P/c1-5-12-9(10(2,3)4)6-7-11-8-13/h5-8H,1,13H2,2-4H3/b7-6-,11-8+,12-9+. The summed E-state index contributed by atoms with van der Waals surface area (Å²) in [5, 5.41) is 0. The summed E-state index contributed by atoms with van der Waals surface area (Å²) < 4.78 is 0. The molecule has 0 heterocycles. The van der Waals surface area contributed by atoms with Crippen LogP contribution in [0.4, 0.5) is 0 Å². The topological polar surface area (TPSA) is 24.7 Å². The number of allylic oxidation sites excluding steroid dienone is 1. The molecule has 0 fully saturated rings. The number of nitrogens with zero attached hydrogens (tertiary/aromatic N) is 2. The summed E-state index contributed by atoms with van der Waals surface area (Å²) in [5.74, 6) is 1.66. The maximum atomic E-state index is 4.18. The molecule has 13 heavy (non-hydrogen) atoms. The van der Waals surface area contributed by atoms with E-state index >= 15 is 0 Å². The first-order valence-corrected chi connectivity index (χ1v) is 4.78. The SMILES string of the molecule is C=C\N=C(/C=C\N=C\P)C(C)(C)C. The van der Waals surface area contributed by atoms with E-state index in [1.807, 2.05) is 6.08 Å². The highest BCUT2D eigenvalue weighted by molar-refractivity contribution is 7.36. The molecule has 0 rings (SSSR count). The van der Waals surface area contributed by atoms with E-state index in [4.69, 9.17) is 0 Å². The second-order valence-corrected chi connectivity index (χ2v) is 3.86. The van der Waals surface area contributed by atoms with Gasteiger partial charge in [0.1, 0.15) is 0 Å². The minimum atomic E-state index is 0.0289. The first-order chi connectivity index (χ1) is 6.02. The van der Waals surface area contributed by atoms with E-state index in [1.165, 1.54) is 0 Å². The lowest BCUT2D eigenvalue weighted by atomic mass is 9.90. The predicted octanol–water partition coefficient (Wildman–Crippen LogP) is 3.03. The molecule has 0 N–H and O–H groups in total. The lowest BCUT2D eigenvalue weighted by molar-refractivity contribution is 0.594. The van der Waals surface area contributed by atoms with Crippen molar-refractivity contribution < 1.29 is 0 Å². The average molecular weight is 196 g/mol. The van der Waals surface area contributed by atoms with Crippen molar-refractivity contribution in [2.24, 2.45) is 15.4 Å². The van der Waals surface area contributed by atoms with Crippen molar-refractivity contribution in [3.63, 3.8) is 0 Å². The molecular formula is C10H17N2P. The zero-order valence-electron chi connectivity index (χ0n) is 8.49. The largest absolute Gasteiger partial charge is 0.265 e. The normalized spacial score (nSPS) is 14.3. The van der Waals surface area contributed by atoms with Crippen LogP contribution in [0.2, 0.25) is 0 Å². The van der Waals surface area contributed by atoms with Gasteiger partial charge in [0.15, 0.2) is 0 Å². The van der Waals surface area contributed by atoms with Gasteiger partial charge in [0.05, 0.1) is 0 Å². The van der Waals surface area contributed by atoms with Crippen molar-refractivity contribution in [3.8, 4) is 0 Å². The van der Waals surface area contributed by atoms with Crippen LogP contribution in [0.5, 0.6) is 0 Å². The fourth-order valence-electron chi connectivity index (χ4n) is 0.748. The van der Waals surface area contributed by atoms with Crippen LogP contribution in [0.3, 0.4) is 0 Å². The van der Waals surface area contributed by atoms with Gasteiger partial charge < -0.3 is 0 Å². The molecule has 0 aliphatic carbocycles. The second kappa shape index (κ2) is 5.82. The molecule has 0 aliphatic heterocycles. The number of hydrogen-bond donors (Lipinski definition) is 0. The van der Waals surface area contributed by atoms with E-state index in [9.17, 15) is 0 Å². The van der Waals surface area contributed by atoms with Gasteiger partial charge in [-0.3, -0.25) is 9.98 Å². The van der Waals surface area contributed by atoms with E-state index in [0.717, 1.165) is 5.71 Å². The van der Waals surface area contributed by atoms with Gasteiger partial charge in [0.2, 0.25) is 0 Å². The summed E-state index contributed by atoms with van der Waals surface area (Å²) >= 11 is 0. The first-order valence-electron chi connectivity index (χ1n) is 4.11. The summed E-state index contributed by atoms with van der Waals surface area (Å²) in [7, 11) is 2.42. The van der Waals surface area contributed by atoms with E-state index in [1.54, 1.807) is 18.4 Å². The van der Waals surface area contributed by atoms with Gasteiger partial charge >= 0.3 is 0 Å². The van der Waals surface area contributed by atoms with Crippen LogP contribution in [-0.4, -0.2) is 11.7 Å². The summed E-state index contributed by atoms with van der Waals surface area (Å²) in [6, 6.07) is 0. The van der Waals surface area contributed by atoms with Crippen LogP contribution in [0.1, 0.15) is 20.8 Å². The molecule has 0 bridgehead atoms. The van der Waals surface area contributed by atoms with Gasteiger partial charge in [-0.1, -0.05) is 36.6 Å². The van der Waals surface area contributed by atoms with Gasteiger partial charge in [0, 0.05) is 29.5 Å². The molecule has 0 aromatic carbocycles. The maximum Gasteiger partial charge on any atom is 0.0472 e. The fraction of sp³-hybridized carbons (Fsp3) is 0.400. The van der Waals surface area contributed by atoms with Crippen molar-refractivity contribution in [2.45, 2.75) is 20.8 Å². The van der Waals surface area contributed by atoms with Gasteiger partial charge in [-0.25, -0.2) is 0 Å². The Balaban J connectivity index is 4.65. The van der Waals surface area contributed by atoms with Crippen LogP contribution in [0.15, 0.2) is 35.0 Å². The molecule has 72 valence electrons. The minimum Gasteiger partial charge on any atom is -0.265 e. The van der Waals surface area contributed by atoms with E-state index in [2.05, 4.69) is 46.6 Å². The zero-order chi connectivity index (χ0) is 10.3. The highest BCUT2D eigenvalue weighted by Crippen LogP contribution is 2.17. The fourth-order valence-corrected chi connectivity index (χ4v) is 0.848. The molecule has 1 atom stereocenters. The molecule has 2 nitrogen and oxygen atoms in total. The second-order valence-electron chi connectivity index (χ2n) is 3.56. The lowest BCUT2D eigenvalue weighted by Gasteiger charge is -2.17. The van der Waals surface area contributed by atoms with Crippen molar-refractivity contribution >= 4 is 20.9 Å². The van der Waals surface area contributed by atoms with Crippen molar-refractivity contribution in [3.05, 3.63) is 25.1 Å². The Morgan fingerprint density at radius 1 is 1.38 bits per heavy atom. The summed E-state index contributed by atoms with van der Waals surface area (Å²) in [5.41, 5.74) is 0.999. The monoisotopic (exact) mass is 196 g/mol. The van der Waals surface area contributed by atoms with Gasteiger partial charge in [-0.15, -0.1) is 0 Å². The Labute approximate surface area is 82.8 Å². The lowest BCUT2D eigenvalue weighted by Crippen LogP contribution is -2.17. The van der Waals surface area contributed by atoms with Crippen LogP contribution in [0.25, 0.3) is 0 Å². The Bertz CT molecular complexity index is 244. The Morgan fingerprint density at radius 3 is 2.38 bits per heavy atom. The highest BCUT2D eigenvalue weighted by atomic mass is 31.0. The molecule has 0 spiro atoms. The summed E-state index contributed by atoms with van der Waals surface area (Å²) in [6.07, 6.45) is 5.16. The molecule has 0 aromatic heterocycles. The Hall–Kier alpha value is -0.750. The minimum absolute atomic E-state index is 0.0289. The quantitative estimate of drug-likeness (QED) is 0.489. The maximum absolute atomic E-state index is 4.18. The van der Waals surface area contributed by atoms with Crippen LogP contribution in [-0.2, 0) is 0 Å². The number of hydrogen-bond acceptors (Lipinski definition) is 2. The molecule has 3 heteroatoms. The highest BCUT2D eigenvalue weighted by Gasteiger charge is 2.15. The van der Waals surface area contributed by atoms with Crippen LogP contribution >= 0.6 is 9.24 Å². The molecule has 0 saturated heterocycles. The predicted molar refractivity (Wildman–Crippen MR) is 64.4 cm³/mol. The van der Waals surface area contributed by atoms with Gasteiger partial charge in [0.25, 0.3) is 0 Å². The third-order valence-electron chi connectivity index (χ3n) is 1.40. The van der Waals surface area contributed by atoms with Crippen molar-refractivity contribution in [1.82, 2.24) is 0 Å². The zero-order valence-corrected chi connectivity index (χ0v) is 9.64. The van der Waals surface area contributed by atoms with Crippen LogP contribution < -0.4 is 0 Å². The first kappa shape index (κ1) is 12.2. The van der Waals surface area contributed by atoms with Crippen LogP contribution in [0, 0.1) is 5.41 Å². The molecular weight excluding hydrogens is 179 g/mol. The summed E-state index contributed by atoms with van der Waals surface area (Å²) in [4.78, 5) is 8.13. The molecule has 0 radical (unpaired) electrons. The molecule has 0 amide bonds. The molecule has 0 aliphatic rings. The Kier molecular flexibility index (Phi) is 5.48. The smallest absolute Gasteiger partial charge is 0.0472 e. The summed E-state index contributed by atoms with van der Waals surface area (Å²) in [6.45, 7) is 9.88. The average Bonchev–Trinajstić information content (AvgIpc) is 2.01. The number of rotatable bonds is 3. The molecule has 0 saturated carbocycles. The molecule has 1 unspecified atom stereocenters. The number of aliphatic imine (C=N–C) groups is 2. The third-order valence-corrected chi connectivity index (χ3v) is 1.58. The van der Waals surface area contributed by atoms with E-state index in [-0.39, 0.29) is 5.41 Å².